The van der Waals surface area contributed by atoms with Crippen molar-refractivity contribution in [3.8, 4) is 5.75 Å². The van der Waals surface area contributed by atoms with E-state index in [4.69, 9.17) is 0 Å². The predicted octanol–water partition coefficient (Wildman–Crippen LogP) is -0.768. The summed E-state index contributed by atoms with van der Waals surface area (Å²) < 4.78 is 4.52. The fourth-order valence-corrected chi connectivity index (χ4v) is 0.985. The molecule has 0 spiro atoms. The van der Waals surface area contributed by atoms with Crippen LogP contribution in [0.3, 0.4) is 0 Å². The lowest BCUT2D eigenvalue weighted by molar-refractivity contribution is -0.469. The van der Waals surface area contributed by atoms with Crippen molar-refractivity contribution in [2.45, 2.75) is 0 Å². The maximum absolute atomic E-state index is 10.9. The zero-order chi connectivity index (χ0) is 12.1. The minimum atomic E-state index is -1.52. The highest BCUT2D eigenvalue weighted by Crippen LogP contribution is 2.16. The lowest BCUT2D eigenvalue weighted by atomic mass is 10.2. The number of hydrogen-bond donors (Lipinski definition) is 0. The molecule has 0 N–H and O–H groups in total. The van der Waals surface area contributed by atoms with Gasteiger partial charge >= 0.3 is 5.97 Å². The highest BCUT2D eigenvalue weighted by Gasteiger charge is 2.14. The Morgan fingerprint density at radius 3 is 2.50 bits per heavy atom. The maximum Gasteiger partial charge on any atom is 0.383 e. The average Bonchev–Trinajstić information content (AvgIpc) is 2.16. The molecule has 0 radical (unpaired) electrons. The molecule has 0 amide bonds. The molecule has 16 heavy (non-hydrogen) atoms. The first-order valence-electron chi connectivity index (χ1n) is 4.13. The molecule has 0 aromatic heterocycles. The molecular weight excluding hydrogens is 218 g/mol. The molecule has 0 aliphatic rings. The third-order valence-corrected chi connectivity index (χ3v) is 1.59. The quantitative estimate of drug-likeness (QED) is 0.287. The van der Waals surface area contributed by atoms with Gasteiger partial charge in [-0.25, -0.2) is 4.79 Å². The van der Waals surface area contributed by atoms with Crippen molar-refractivity contribution in [2.75, 3.05) is 6.54 Å². The number of carboxylic acids is 1. The highest BCUT2D eigenvalue weighted by molar-refractivity contribution is 5.90. The predicted molar refractivity (Wildman–Crippen MR) is 48.3 cm³/mol. The molecule has 0 heterocycles. The van der Waals surface area contributed by atoms with Crippen LogP contribution in [-0.4, -0.2) is 23.4 Å². The molecule has 1 rings (SSSR count). The summed E-state index contributed by atoms with van der Waals surface area (Å²) in [7, 11) is 0. The number of para-hydroxylation sites is 1. The Morgan fingerprint density at radius 2 is 1.94 bits per heavy atom. The molecule has 0 saturated carbocycles. The molecule has 7 heteroatoms. The summed E-state index contributed by atoms with van der Waals surface area (Å²) in [6, 6.07) is 5.23. The van der Waals surface area contributed by atoms with Gasteiger partial charge in [-0.15, -0.1) is 0 Å². The number of esters is 1. The van der Waals surface area contributed by atoms with Gasteiger partial charge < -0.3 is 14.6 Å². The summed E-state index contributed by atoms with van der Waals surface area (Å²) in [5.41, 5.74) is -0.334. The molecule has 0 fully saturated rings. The van der Waals surface area contributed by atoms with Crippen molar-refractivity contribution in [3.05, 3.63) is 39.9 Å². The number of carbonyl (C=O) groups is 2. The average molecular weight is 224 g/mol. The number of benzene rings is 1. The van der Waals surface area contributed by atoms with E-state index in [1.807, 2.05) is 0 Å². The van der Waals surface area contributed by atoms with Gasteiger partial charge in [0.15, 0.2) is 0 Å². The number of nitrogens with zero attached hydrogens (tertiary/aromatic N) is 1. The van der Waals surface area contributed by atoms with Gasteiger partial charge in [-0.2, -0.15) is 0 Å². The number of carbonyl (C=O) groups excluding carboxylic acids is 2. The van der Waals surface area contributed by atoms with Crippen LogP contribution in [0.2, 0.25) is 0 Å². The third-order valence-electron chi connectivity index (χ3n) is 1.59. The van der Waals surface area contributed by atoms with Crippen LogP contribution in [-0.2, 0) is 4.79 Å². The first-order chi connectivity index (χ1) is 7.50. The SMILES string of the molecule is O=C(C[N+](=O)[O-])Oc1ccccc1C(=O)[O-]. The fraction of sp³-hybridized carbons (Fsp3) is 0.111. The van der Waals surface area contributed by atoms with E-state index in [1.54, 1.807) is 0 Å². The van der Waals surface area contributed by atoms with Crippen molar-refractivity contribution in [1.82, 2.24) is 0 Å². The second-order valence-corrected chi connectivity index (χ2v) is 2.75. The van der Waals surface area contributed by atoms with Crippen molar-refractivity contribution < 1.29 is 24.4 Å². The Morgan fingerprint density at radius 1 is 1.31 bits per heavy atom. The Bertz CT molecular complexity index is 441. The molecule has 0 atom stereocenters. The first kappa shape index (κ1) is 11.6. The minimum absolute atomic E-state index is 0.269. The summed E-state index contributed by atoms with van der Waals surface area (Å²) >= 11 is 0. The van der Waals surface area contributed by atoms with Gasteiger partial charge in [-0.1, -0.05) is 12.1 Å². The van der Waals surface area contributed by atoms with E-state index >= 15 is 0 Å². The molecule has 1 aromatic rings. The van der Waals surface area contributed by atoms with Crippen molar-refractivity contribution in [2.24, 2.45) is 0 Å². The minimum Gasteiger partial charge on any atom is -0.545 e. The summed E-state index contributed by atoms with van der Waals surface area (Å²) in [4.78, 5) is 30.6. The van der Waals surface area contributed by atoms with E-state index in [0.29, 0.717) is 0 Å². The van der Waals surface area contributed by atoms with Crippen LogP contribution < -0.4 is 9.84 Å². The van der Waals surface area contributed by atoms with Crippen LogP contribution in [0.4, 0.5) is 0 Å². The second kappa shape index (κ2) is 4.87. The Hall–Kier alpha value is -2.44. The first-order valence-corrected chi connectivity index (χ1v) is 4.13. The van der Waals surface area contributed by atoms with E-state index < -0.39 is 23.4 Å². The summed E-state index contributed by atoms with van der Waals surface area (Å²) in [6.07, 6.45) is 0. The highest BCUT2D eigenvalue weighted by atomic mass is 16.6. The van der Waals surface area contributed by atoms with Gasteiger partial charge in [0.1, 0.15) is 5.75 Å². The van der Waals surface area contributed by atoms with E-state index in [9.17, 15) is 24.8 Å². The third kappa shape index (κ3) is 3.05. The van der Waals surface area contributed by atoms with Crippen LogP contribution in [0, 0.1) is 10.1 Å². The van der Waals surface area contributed by atoms with E-state index in [-0.39, 0.29) is 11.3 Å². The Balaban J connectivity index is 2.84. The van der Waals surface area contributed by atoms with Crippen LogP contribution >= 0.6 is 0 Å². The zero-order valence-corrected chi connectivity index (χ0v) is 7.91. The van der Waals surface area contributed by atoms with Crippen LogP contribution in [0.15, 0.2) is 24.3 Å². The molecule has 0 aliphatic carbocycles. The smallest absolute Gasteiger partial charge is 0.383 e. The van der Waals surface area contributed by atoms with E-state index in [0.717, 1.165) is 0 Å². The van der Waals surface area contributed by atoms with Gasteiger partial charge in [-0.05, 0) is 12.1 Å². The molecule has 84 valence electrons. The lowest BCUT2D eigenvalue weighted by Crippen LogP contribution is -2.25. The Labute approximate surface area is 89.4 Å². The number of rotatable bonds is 4. The van der Waals surface area contributed by atoms with Gasteiger partial charge in [0, 0.05) is 10.5 Å². The van der Waals surface area contributed by atoms with Crippen LogP contribution in [0.1, 0.15) is 10.4 Å². The molecule has 7 nitrogen and oxygen atoms in total. The van der Waals surface area contributed by atoms with E-state index in [1.165, 1.54) is 24.3 Å². The standard InChI is InChI=1S/C9H7NO6/c11-8(5-10(14)15)16-7-4-2-1-3-6(7)9(12)13/h1-4H,5H2,(H,12,13)/p-1. The lowest BCUT2D eigenvalue weighted by Gasteiger charge is -2.08. The van der Waals surface area contributed by atoms with Crippen LogP contribution in [0.5, 0.6) is 5.75 Å². The van der Waals surface area contributed by atoms with Gasteiger partial charge in [0.05, 0.1) is 5.97 Å². The number of ether oxygens (including phenoxy) is 1. The molecule has 0 bridgehead atoms. The molecule has 0 aliphatic heterocycles. The Kier molecular flexibility index (Phi) is 3.54. The van der Waals surface area contributed by atoms with Gasteiger partial charge in [-0.3, -0.25) is 10.1 Å². The summed E-state index contributed by atoms with van der Waals surface area (Å²) in [5.74, 6) is -2.93. The van der Waals surface area contributed by atoms with Crippen molar-refractivity contribution in [3.63, 3.8) is 0 Å². The molecular formula is C9H6NO6-. The monoisotopic (exact) mass is 224 g/mol. The normalized spacial score (nSPS) is 9.50. The summed E-state index contributed by atoms with van der Waals surface area (Å²) in [6.45, 7) is -1.03. The largest absolute Gasteiger partial charge is 0.545 e. The van der Waals surface area contributed by atoms with Gasteiger partial charge in [0.25, 0.3) is 6.54 Å². The second-order valence-electron chi connectivity index (χ2n) is 2.75. The van der Waals surface area contributed by atoms with Gasteiger partial charge in [0.2, 0.25) is 0 Å². The number of aromatic carboxylic acids is 1. The van der Waals surface area contributed by atoms with Crippen molar-refractivity contribution in [1.29, 1.82) is 0 Å². The topological polar surface area (TPSA) is 110 Å². The molecule has 0 saturated heterocycles. The molecule has 0 unspecified atom stereocenters. The zero-order valence-electron chi connectivity index (χ0n) is 7.91. The number of hydrogen-bond acceptors (Lipinski definition) is 6. The fourth-order valence-electron chi connectivity index (χ4n) is 0.985. The molecule has 1 aromatic carbocycles. The number of nitro groups is 1. The number of carboxylic acid groups (broad SMARTS) is 1. The van der Waals surface area contributed by atoms with Crippen molar-refractivity contribution >= 4 is 11.9 Å². The maximum atomic E-state index is 10.9. The van der Waals surface area contributed by atoms with E-state index in [2.05, 4.69) is 4.74 Å². The summed E-state index contributed by atoms with van der Waals surface area (Å²) in [5, 5.41) is 20.6. The van der Waals surface area contributed by atoms with Crippen LogP contribution in [0.25, 0.3) is 0 Å².